The second-order valence-electron chi connectivity index (χ2n) is 5.97. The molecule has 0 saturated heterocycles. The van der Waals surface area contributed by atoms with Gasteiger partial charge in [0, 0.05) is 35.6 Å². The van der Waals surface area contributed by atoms with Gasteiger partial charge in [0.15, 0.2) is 0 Å². The maximum absolute atomic E-state index is 13.0. The van der Waals surface area contributed by atoms with E-state index in [0.29, 0.717) is 5.70 Å². The molecule has 4 N–H and O–H groups in total. The summed E-state index contributed by atoms with van der Waals surface area (Å²) in [6.45, 7) is 13.6. The van der Waals surface area contributed by atoms with Gasteiger partial charge in [-0.05, 0) is 32.8 Å². The minimum atomic E-state index is -0.531. The molecule has 0 rings (SSSR count). The smallest absolute Gasteiger partial charge is 0.117 e. The fraction of sp³-hybridized carbons (Fsp3) is 0.556. The average molecular weight is 309 g/mol. The van der Waals surface area contributed by atoms with Gasteiger partial charge in [-0.3, -0.25) is 0 Å². The van der Waals surface area contributed by atoms with Gasteiger partial charge >= 0.3 is 0 Å². The van der Waals surface area contributed by atoms with E-state index >= 15 is 0 Å². The summed E-state index contributed by atoms with van der Waals surface area (Å²) in [7, 11) is 1.89. The van der Waals surface area contributed by atoms with Crippen molar-refractivity contribution in [2.45, 2.75) is 53.0 Å². The summed E-state index contributed by atoms with van der Waals surface area (Å²) in [4.78, 5) is 0. The molecule has 0 saturated carbocycles. The minimum Gasteiger partial charge on any atom is -0.401 e. The van der Waals surface area contributed by atoms with Crippen molar-refractivity contribution in [1.29, 1.82) is 0 Å². The van der Waals surface area contributed by atoms with Gasteiger partial charge in [0.25, 0.3) is 0 Å². The highest BCUT2D eigenvalue weighted by molar-refractivity contribution is 5.27. The van der Waals surface area contributed by atoms with Gasteiger partial charge in [0.05, 0.1) is 0 Å². The second kappa shape index (κ2) is 9.34. The third-order valence-corrected chi connectivity index (χ3v) is 3.46. The maximum atomic E-state index is 13.0. The van der Waals surface area contributed by atoms with Gasteiger partial charge in [-0.15, -0.1) is 0 Å². The Morgan fingerprint density at radius 2 is 1.95 bits per heavy atom. The van der Waals surface area contributed by atoms with Gasteiger partial charge in [-0.2, -0.15) is 0 Å². The van der Waals surface area contributed by atoms with Crippen molar-refractivity contribution in [3.05, 3.63) is 47.7 Å². The lowest BCUT2D eigenvalue weighted by molar-refractivity contribution is 0.485. The number of rotatable bonds is 9. The molecule has 0 aliphatic heterocycles. The van der Waals surface area contributed by atoms with E-state index in [1.807, 2.05) is 14.0 Å². The molecule has 0 aliphatic rings. The van der Waals surface area contributed by atoms with Crippen LogP contribution in [0.3, 0.4) is 0 Å². The summed E-state index contributed by atoms with van der Waals surface area (Å²) in [6, 6.07) is 0. The van der Waals surface area contributed by atoms with Crippen LogP contribution < -0.4 is 16.4 Å². The summed E-state index contributed by atoms with van der Waals surface area (Å²) in [6.07, 6.45) is 7.36. The van der Waals surface area contributed by atoms with Gasteiger partial charge in [0.2, 0.25) is 0 Å². The molecule has 0 aliphatic carbocycles. The van der Waals surface area contributed by atoms with Crippen molar-refractivity contribution in [2.75, 3.05) is 7.05 Å². The number of nitrogens with two attached hydrogens (primary N) is 1. The molecule has 0 fully saturated rings. The molecule has 126 valence electrons. The summed E-state index contributed by atoms with van der Waals surface area (Å²) in [5.74, 6) is -0.666. The lowest BCUT2D eigenvalue weighted by atomic mass is 9.96. The molecule has 1 atom stereocenters. The molecule has 3 nitrogen and oxygen atoms in total. The van der Waals surface area contributed by atoms with E-state index < -0.39 is 5.83 Å². The molecular weight excluding hydrogens is 277 g/mol. The lowest BCUT2D eigenvalue weighted by Crippen LogP contribution is -2.41. The first kappa shape index (κ1) is 20.3. The van der Waals surface area contributed by atoms with Gasteiger partial charge in [0.1, 0.15) is 5.83 Å². The summed E-state index contributed by atoms with van der Waals surface area (Å²) in [5, 5.41) is 6.76. The van der Waals surface area contributed by atoms with Crippen LogP contribution in [0.4, 0.5) is 4.39 Å². The number of allylic oxidation sites excluding steroid dienone is 4. The van der Waals surface area contributed by atoms with E-state index in [1.165, 1.54) is 6.08 Å². The zero-order chi connectivity index (χ0) is 17.3. The van der Waals surface area contributed by atoms with Crippen molar-refractivity contribution >= 4 is 0 Å². The summed E-state index contributed by atoms with van der Waals surface area (Å²) < 4.78 is 13.0. The van der Waals surface area contributed by atoms with Crippen LogP contribution in [0.2, 0.25) is 0 Å². The van der Waals surface area contributed by atoms with E-state index in [2.05, 4.69) is 57.1 Å². The Kier molecular flexibility index (Phi) is 8.61. The SMILES string of the molecule is C=C(F)/C=C(\N)[C@H](C)/C(NC(C)(C)/C=C\CC)=C(\CC)NC. The van der Waals surface area contributed by atoms with Crippen LogP contribution in [0, 0.1) is 5.92 Å². The van der Waals surface area contributed by atoms with Crippen LogP contribution in [0.5, 0.6) is 0 Å². The van der Waals surface area contributed by atoms with E-state index in [-0.39, 0.29) is 11.5 Å². The largest absolute Gasteiger partial charge is 0.401 e. The molecule has 0 heterocycles. The van der Waals surface area contributed by atoms with Crippen LogP contribution >= 0.6 is 0 Å². The van der Waals surface area contributed by atoms with Gasteiger partial charge < -0.3 is 16.4 Å². The normalized spacial score (nSPS) is 15.5. The Balaban J connectivity index is 5.64. The highest BCUT2D eigenvalue weighted by atomic mass is 19.1. The molecule has 0 spiro atoms. The molecule has 4 heteroatoms. The van der Waals surface area contributed by atoms with E-state index in [0.717, 1.165) is 24.2 Å². The number of nitrogens with one attached hydrogen (secondary N) is 2. The fourth-order valence-electron chi connectivity index (χ4n) is 2.22. The van der Waals surface area contributed by atoms with Gasteiger partial charge in [-0.1, -0.05) is 39.5 Å². The monoisotopic (exact) mass is 309 g/mol. The highest BCUT2D eigenvalue weighted by Gasteiger charge is 2.22. The number of hydrogen-bond donors (Lipinski definition) is 3. The van der Waals surface area contributed by atoms with Crippen molar-refractivity contribution in [3.63, 3.8) is 0 Å². The van der Waals surface area contributed by atoms with E-state index in [4.69, 9.17) is 5.73 Å². The second-order valence-corrected chi connectivity index (χ2v) is 5.97. The van der Waals surface area contributed by atoms with Crippen LogP contribution in [0.25, 0.3) is 0 Å². The molecule has 0 unspecified atom stereocenters. The van der Waals surface area contributed by atoms with Crippen LogP contribution in [0.1, 0.15) is 47.5 Å². The Labute approximate surface area is 135 Å². The Morgan fingerprint density at radius 3 is 2.36 bits per heavy atom. The van der Waals surface area contributed by atoms with E-state index in [1.54, 1.807) is 0 Å². The minimum absolute atomic E-state index is 0.135. The standard InChI is InChI=1S/C18H32FN3/c1-8-10-11-18(5,6)22-17(16(9-2)21-7)14(4)15(20)12-13(3)19/h10-12,14,21-22H,3,8-9,20H2,1-2,4-7H3/b11-10-,15-12-,17-16-/t14-/m0/s1. The first-order chi connectivity index (χ1) is 10.2. The molecule has 22 heavy (non-hydrogen) atoms. The van der Waals surface area contributed by atoms with Gasteiger partial charge in [-0.25, -0.2) is 4.39 Å². The van der Waals surface area contributed by atoms with Crippen molar-refractivity contribution < 1.29 is 4.39 Å². The zero-order valence-corrected chi connectivity index (χ0v) is 14.9. The predicted molar refractivity (Wildman–Crippen MR) is 94.7 cm³/mol. The Morgan fingerprint density at radius 1 is 1.36 bits per heavy atom. The highest BCUT2D eigenvalue weighted by Crippen LogP contribution is 2.23. The third kappa shape index (κ3) is 6.83. The topological polar surface area (TPSA) is 50.1 Å². The van der Waals surface area contributed by atoms with Crippen LogP contribution in [-0.4, -0.2) is 12.6 Å². The maximum Gasteiger partial charge on any atom is 0.117 e. The first-order valence-electron chi connectivity index (χ1n) is 7.86. The molecule has 0 aromatic rings. The number of halogens is 1. The van der Waals surface area contributed by atoms with E-state index in [9.17, 15) is 4.39 Å². The fourth-order valence-corrected chi connectivity index (χ4v) is 2.22. The Hall–Kier alpha value is -1.71. The average Bonchev–Trinajstić information content (AvgIpc) is 2.43. The van der Waals surface area contributed by atoms with Crippen molar-refractivity contribution in [3.8, 4) is 0 Å². The van der Waals surface area contributed by atoms with Crippen LogP contribution in [0.15, 0.2) is 47.7 Å². The zero-order valence-electron chi connectivity index (χ0n) is 14.9. The molecule has 0 radical (unpaired) electrons. The predicted octanol–water partition coefficient (Wildman–Crippen LogP) is 4.12. The quantitative estimate of drug-likeness (QED) is 0.443. The molecule has 0 amide bonds. The molecule has 0 bridgehead atoms. The number of hydrogen-bond acceptors (Lipinski definition) is 3. The lowest BCUT2D eigenvalue weighted by Gasteiger charge is -2.31. The van der Waals surface area contributed by atoms with Crippen LogP contribution in [-0.2, 0) is 0 Å². The summed E-state index contributed by atoms with van der Waals surface area (Å²) in [5.41, 5.74) is 8.30. The van der Waals surface area contributed by atoms with Crippen molar-refractivity contribution in [1.82, 2.24) is 10.6 Å². The van der Waals surface area contributed by atoms with Crippen molar-refractivity contribution in [2.24, 2.45) is 11.7 Å². The Bertz CT molecular complexity index is 453. The first-order valence-corrected chi connectivity index (χ1v) is 7.86. The molecule has 0 aromatic heterocycles. The molecular formula is C18H32FN3. The summed E-state index contributed by atoms with van der Waals surface area (Å²) >= 11 is 0. The molecule has 0 aromatic carbocycles. The third-order valence-electron chi connectivity index (χ3n) is 3.46.